The Balaban J connectivity index is 1.72. The van der Waals surface area contributed by atoms with Crippen molar-refractivity contribution in [2.45, 2.75) is 58.0 Å². The van der Waals surface area contributed by atoms with E-state index in [1.165, 1.54) is 32.1 Å². The van der Waals surface area contributed by atoms with Crippen molar-refractivity contribution in [1.29, 1.82) is 0 Å². The summed E-state index contributed by atoms with van der Waals surface area (Å²) in [6.07, 6.45) is 6.68. The summed E-state index contributed by atoms with van der Waals surface area (Å²) in [7, 11) is 0. The summed E-state index contributed by atoms with van der Waals surface area (Å²) in [5, 5.41) is 3.84. The first-order valence-electron chi connectivity index (χ1n) is 6.69. The average Bonchev–Trinajstić information content (AvgIpc) is 2.78. The zero-order chi connectivity index (χ0) is 10.7. The highest BCUT2D eigenvalue weighted by molar-refractivity contribution is 4.95. The normalized spacial score (nSPS) is 36.8. The van der Waals surface area contributed by atoms with Gasteiger partial charge in [0, 0.05) is 18.7 Å². The first-order valence-corrected chi connectivity index (χ1v) is 6.69. The van der Waals surface area contributed by atoms with E-state index in [0.29, 0.717) is 6.04 Å². The van der Waals surface area contributed by atoms with Gasteiger partial charge in [-0.3, -0.25) is 0 Å². The number of hydrogen-bond donors (Lipinski definition) is 1. The fourth-order valence-electron chi connectivity index (χ4n) is 2.87. The van der Waals surface area contributed by atoms with Gasteiger partial charge in [0.15, 0.2) is 0 Å². The molecule has 2 heteroatoms. The van der Waals surface area contributed by atoms with Gasteiger partial charge in [-0.05, 0) is 37.5 Å². The zero-order valence-corrected chi connectivity index (χ0v) is 10.2. The molecule has 0 amide bonds. The Hall–Kier alpha value is -0.0800. The first-order chi connectivity index (χ1) is 7.35. The van der Waals surface area contributed by atoms with E-state index in [9.17, 15) is 0 Å². The molecule has 0 aromatic heterocycles. The van der Waals surface area contributed by atoms with Crippen molar-refractivity contribution in [3.8, 4) is 0 Å². The summed E-state index contributed by atoms with van der Waals surface area (Å²) in [5.74, 6) is 1.75. The first kappa shape index (κ1) is 11.4. The molecule has 0 aromatic carbocycles. The second-order valence-corrected chi connectivity index (χ2v) is 5.20. The molecular formula is C13H25NO. The third-order valence-corrected chi connectivity index (χ3v) is 3.98. The lowest BCUT2D eigenvalue weighted by atomic mass is 9.96. The van der Waals surface area contributed by atoms with Crippen molar-refractivity contribution in [2.24, 2.45) is 11.8 Å². The number of hydrogen-bond acceptors (Lipinski definition) is 2. The summed E-state index contributed by atoms with van der Waals surface area (Å²) < 4.78 is 5.48. The van der Waals surface area contributed by atoms with Gasteiger partial charge in [-0.2, -0.15) is 0 Å². The Labute approximate surface area is 93.8 Å². The Morgan fingerprint density at radius 3 is 2.87 bits per heavy atom. The quantitative estimate of drug-likeness (QED) is 0.729. The van der Waals surface area contributed by atoms with Gasteiger partial charge in [0.2, 0.25) is 0 Å². The van der Waals surface area contributed by atoms with Crippen LogP contribution in [0.2, 0.25) is 0 Å². The van der Waals surface area contributed by atoms with Gasteiger partial charge in [0.25, 0.3) is 0 Å². The van der Waals surface area contributed by atoms with E-state index in [1.807, 2.05) is 0 Å². The molecule has 1 N–H and O–H groups in total. The molecule has 4 unspecified atom stereocenters. The van der Waals surface area contributed by atoms with Crippen LogP contribution in [-0.2, 0) is 4.74 Å². The minimum Gasteiger partial charge on any atom is -0.381 e. The fraction of sp³-hybridized carbons (Fsp3) is 1.00. The molecule has 88 valence electrons. The minimum atomic E-state index is 0.708. The van der Waals surface area contributed by atoms with Crippen molar-refractivity contribution in [1.82, 2.24) is 5.32 Å². The van der Waals surface area contributed by atoms with Crippen LogP contribution < -0.4 is 5.32 Å². The molecule has 0 aromatic rings. The summed E-state index contributed by atoms with van der Waals surface area (Å²) in [4.78, 5) is 0. The Bertz CT molecular complexity index is 189. The molecule has 2 aliphatic rings. The Morgan fingerprint density at radius 1 is 1.40 bits per heavy atom. The van der Waals surface area contributed by atoms with E-state index in [4.69, 9.17) is 4.74 Å². The van der Waals surface area contributed by atoms with E-state index < -0.39 is 0 Å². The third kappa shape index (κ3) is 2.94. The van der Waals surface area contributed by atoms with Crippen LogP contribution in [0.25, 0.3) is 0 Å². The van der Waals surface area contributed by atoms with Crippen LogP contribution in [-0.4, -0.2) is 25.3 Å². The maximum Gasteiger partial charge on any atom is 0.0510 e. The second kappa shape index (κ2) is 5.31. The van der Waals surface area contributed by atoms with Crippen LogP contribution in [0.5, 0.6) is 0 Å². The van der Waals surface area contributed by atoms with Crippen molar-refractivity contribution in [3.63, 3.8) is 0 Å². The maximum absolute atomic E-state index is 5.48. The van der Waals surface area contributed by atoms with E-state index in [-0.39, 0.29) is 0 Å². The van der Waals surface area contributed by atoms with Gasteiger partial charge in [0.1, 0.15) is 0 Å². The maximum atomic E-state index is 5.48. The summed E-state index contributed by atoms with van der Waals surface area (Å²) in [5.41, 5.74) is 0. The highest BCUT2D eigenvalue weighted by Crippen LogP contribution is 2.36. The monoisotopic (exact) mass is 211 g/mol. The predicted octanol–water partition coefficient (Wildman–Crippen LogP) is 2.58. The molecule has 1 aliphatic carbocycles. The smallest absolute Gasteiger partial charge is 0.0510 e. The summed E-state index contributed by atoms with van der Waals surface area (Å²) in [6, 6.07) is 1.54. The third-order valence-electron chi connectivity index (χ3n) is 3.98. The summed E-state index contributed by atoms with van der Waals surface area (Å²) >= 11 is 0. The molecule has 1 heterocycles. The van der Waals surface area contributed by atoms with Crippen LogP contribution in [0.15, 0.2) is 0 Å². The molecule has 0 spiro atoms. The van der Waals surface area contributed by atoms with Crippen molar-refractivity contribution >= 4 is 0 Å². The van der Waals surface area contributed by atoms with Crippen molar-refractivity contribution in [3.05, 3.63) is 0 Å². The van der Waals surface area contributed by atoms with Crippen molar-refractivity contribution in [2.75, 3.05) is 13.2 Å². The van der Waals surface area contributed by atoms with Crippen LogP contribution in [0.4, 0.5) is 0 Å². The van der Waals surface area contributed by atoms with E-state index in [0.717, 1.165) is 31.1 Å². The SMILES string of the molecule is CCCC1CC1NC(CC)C1CCOC1. The molecule has 2 fully saturated rings. The minimum absolute atomic E-state index is 0.708. The molecule has 1 saturated carbocycles. The standard InChI is InChI=1S/C13H25NO/c1-3-5-10-8-13(10)14-12(4-2)11-6-7-15-9-11/h10-14H,3-9H2,1-2H3. The lowest BCUT2D eigenvalue weighted by molar-refractivity contribution is 0.175. The predicted molar refractivity (Wildman–Crippen MR) is 62.9 cm³/mol. The molecule has 1 saturated heterocycles. The molecule has 0 bridgehead atoms. The summed E-state index contributed by atoms with van der Waals surface area (Å²) in [6.45, 7) is 6.55. The largest absolute Gasteiger partial charge is 0.381 e. The fourth-order valence-corrected chi connectivity index (χ4v) is 2.87. The van der Waals surface area contributed by atoms with E-state index >= 15 is 0 Å². The molecule has 2 rings (SSSR count). The molecule has 0 radical (unpaired) electrons. The highest BCUT2D eigenvalue weighted by atomic mass is 16.5. The van der Waals surface area contributed by atoms with Crippen molar-refractivity contribution < 1.29 is 4.74 Å². The van der Waals surface area contributed by atoms with Gasteiger partial charge >= 0.3 is 0 Å². The molecule has 4 atom stereocenters. The average molecular weight is 211 g/mol. The van der Waals surface area contributed by atoms with Crippen LogP contribution >= 0.6 is 0 Å². The topological polar surface area (TPSA) is 21.3 Å². The lowest BCUT2D eigenvalue weighted by Gasteiger charge is -2.22. The number of nitrogens with one attached hydrogen (secondary N) is 1. The second-order valence-electron chi connectivity index (χ2n) is 5.20. The van der Waals surface area contributed by atoms with Gasteiger partial charge in [-0.25, -0.2) is 0 Å². The molecular weight excluding hydrogens is 186 g/mol. The van der Waals surface area contributed by atoms with E-state index in [1.54, 1.807) is 0 Å². The van der Waals surface area contributed by atoms with Gasteiger partial charge in [0.05, 0.1) is 6.61 Å². The zero-order valence-electron chi connectivity index (χ0n) is 10.2. The Morgan fingerprint density at radius 2 is 2.27 bits per heavy atom. The molecule has 1 aliphatic heterocycles. The van der Waals surface area contributed by atoms with Gasteiger partial charge < -0.3 is 10.1 Å². The highest BCUT2D eigenvalue weighted by Gasteiger charge is 2.38. The van der Waals surface area contributed by atoms with E-state index in [2.05, 4.69) is 19.2 Å². The van der Waals surface area contributed by atoms with Crippen LogP contribution in [0.3, 0.4) is 0 Å². The lowest BCUT2D eigenvalue weighted by Crippen LogP contribution is -2.38. The number of rotatable bonds is 6. The van der Waals surface area contributed by atoms with Crippen LogP contribution in [0, 0.1) is 11.8 Å². The number of ether oxygens (including phenoxy) is 1. The Kier molecular flexibility index (Phi) is 4.04. The van der Waals surface area contributed by atoms with Gasteiger partial charge in [-0.1, -0.05) is 20.3 Å². The van der Waals surface area contributed by atoms with Gasteiger partial charge in [-0.15, -0.1) is 0 Å². The molecule has 15 heavy (non-hydrogen) atoms. The molecule has 2 nitrogen and oxygen atoms in total. The van der Waals surface area contributed by atoms with Crippen LogP contribution in [0.1, 0.15) is 46.0 Å².